The average molecular weight is 305 g/mol. The van der Waals surface area contributed by atoms with Crippen LogP contribution in [0.3, 0.4) is 0 Å². The third-order valence-corrected chi connectivity index (χ3v) is 4.98. The molecular weight excluding hydrogens is 282 g/mol. The molecule has 0 radical (unpaired) electrons. The first-order valence-electron chi connectivity index (χ1n) is 7.64. The first kappa shape index (κ1) is 14.5. The Bertz CT molecular complexity index is 624. The molecule has 1 atom stereocenters. The lowest BCUT2D eigenvalue weighted by molar-refractivity contribution is 0.226. The van der Waals surface area contributed by atoms with Crippen LogP contribution in [-0.2, 0) is 0 Å². The van der Waals surface area contributed by atoms with Gasteiger partial charge in [-0.25, -0.2) is 4.98 Å². The van der Waals surface area contributed by atoms with Crippen LogP contribution in [0.4, 0.5) is 11.8 Å². The zero-order valence-electron chi connectivity index (χ0n) is 12.9. The Morgan fingerprint density at radius 3 is 3.05 bits per heavy atom. The number of aromatic nitrogens is 2. The maximum atomic E-state index is 4.63. The molecule has 1 aliphatic rings. The fraction of sp³-hybridized carbons (Fsp3) is 0.600. The van der Waals surface area contributed by atoms with Crippen LogP contribution >= 0.6 is 11.3 Å². The number of piperidine rings is 1. The number of hydrogen-bond acceptors (Lipinski definition) is 6. The topological polar surface area (TPSA) is 53.1 Å². The third-order valence-electron chi connectivity index (χ3n) is 4.03. The summed E-state index contributed by atoms with van der Waals surface area (Å²) in [4.78, 5) is 14.0. The highest BCUT2D eigenvalue weighted by Crippen LogP contribution is 2.30. The van der Waals surface area contributed by atoms with Crippen LogP contribution < -0.4 is 10.6 Å². The second-order valence-electron chi connectivity index (χ2n) is 5.60. The second kappa shape index (κ2) is 6.15. The lowest BCUT2D eigenvalue weighted by atomic mass is 10.1. The van der Waals surface area contributed by atoms with E-state index in [0.717, 1.165) is 29.1 Å². The van der Waals surface area contributed by atoms with Crippen molar-refractivity contribution in [3.8, 4) is 0 Å². The Labute approximate surface area is 129 Å². The van der Waals surface area contributed by atoms with Crippen molar-refractivity contribution in [2.45, 2.75) is 32.7 Å². The highest BCUT2D eigenvalue weighted by molar-refractivity contribution is 7.18. The van der Waals surface area contributed by atoms with E-state index in [9.17, 15) is 0 Å². The van der Waals surface area contributed by atoms with Crippen molar-refractivity contribution in [3.63, 3.8) is 0 Å². The monoisotopic (exact) mass is 305 g/mol. The average Bonchev–Trinajstić information content (AvgIpc) is 2.88. The van der Waals surface area contributed by atoms with Crippen molar-refractivity contribution in [2.24, 2.45) is 0 Å². The fourth-order valence-corrected chi connectivity index (χ4v) is 3.80. The van der Waals surface area contributed by atoms with Crippen LogP contribution in [0.25, 0.3) is 10.2 Å². The van der Waals surface area contributed by atoms with Gasteiger partial charge in [-0.2, -0.15) is 4.98 Å². The minimum absolute atomic E-state index is 0.474. The summed E-state index contributed by atoms with van der Waals surface area (Å²) in [5.74, 6) is 1.66. The summed E-state index contributed by atoms with van der Waals surface area (Å²) in [7, 11) is 1.87. The number of likely N-dealkylation sites (tertiary alicyclic amines) is 1. The number of fused-ring (bicyclic) bond motifs is 1. The van der Waals surface area contributed by atoms with Crippen molar-refractivity contribution in [1.29, 1.82) is 0 Å². The fourth-order valence-electron chi connectivity index (χ4n) is 2.92. The van der Waals surface area contributed by atoms with E-state index in [-0.39, 0.29) is 0 Å². The maximum Gasteiger partial charge on any atom is 0.225 e. The molecule has 1 fully saturated rings. The normalized spacial score (nSPS) is 19.9. The Morgan fingerprint density at radius 2 is 2.29 bits per heavy atom. The van der Waals surface area contributed by atoms with E-state index in [1.54, 1.807) is 11.3 Å². The number of nitrogens with zero attached hydrogens (tertiary/aromatic N) is 3. The van der Waals surface area contributed by atoms with E-state index >= 15 is 0 Å². The van der Waals surface area contributed by atoms with E-state index in [2.05, 4.69) is 45.4 Å². The van der Waals surface area contributed by atoms with Gasteiger partial charge in [-0.05, 0) is 38.9 Å². The molecule has 6 heteroatoms. The van der Waals surface area contributed by atoms with Gasteiger partial charge in [0.1, 0.15) is 10.6 Å². The standard InChI is InChI=1S/C15H23N5S/c1-4-20-7-5-6-11(9-20)17-13-12-8-10(2)21-14(12)19-15(16-3)18-13/h8,11H,4-7,9H2,1-3H3,(H2,16,17,18,19). The van der Waals surface area contributed by atoms with Crippen molar-refractivity contribution in [3.05, 3.63) is 10.9 Å². The summed E-state index contributed by atoms with van der Waals surface area (Å²) in [6.45, 7) is 7.78. The first-order valence-corrected chi connectivity index (χ1v) is 8.46. The molecule has 114 valence electrons. The molecule has 1 saturated heterocycles. The van der Waals surface area contributed by atoms with E-state index in [0.29, 0.717) is 12.0 Å². The smallest absolute Gasteiger partial charge is 0.225 e. The molecule has 1 aliphatic heterocycles. The highest BCUT2D eigenvalue weighted by atomic mass is 32.1. The summed E-state index contributed by atoms with van der Waals surface area (Å²) in [6.07, 6.45) is 2.46. The summed E-state index contributed by atoms with van der Waals surface area (Å²) in [5, 5.41) is 7.85. The zero-order chi connectivity index (χ0) is 14.8. The minimum atomic E-state index is 0.474. The van der Waals surface area contributed by atoms with Crippen molar-refractivity contribution >= 4 is 33.3 Å². The van der Waals surface area contributed by atoms with Crippen LogP contribution in [0.15, 0.2) is 6.07 Å². The van der Waals surface area contributed by atoms with Gasteiger partial charge in [0.15, 0.2) is 0 Å². The molecule has 0 spiro atoms. The molecule has 1 unspecified atom stereocenters. The Kier molecular flexibility index (Phi) is 4.26. The maximum absolute atomic E-state index is 4.63. The van der Waals surface area contributed by atoms with Crippen LogP contribution in [-0.4, -0.2) is 47.6 Å². The minimum Gasteiger partial charge on any atom is -0.365 e. The van der Waals surface area contributed by atoms with E-state index in [4.69, 9.17) is 0 Å². The zero-order valence-corrected chi connectivity index (χ0v) is 13.8. The predicted octanol–water partition coefficient (Wildman–Crippen LogP) is 2.94. The van der Waals surface area contributed by atoms with Gasteiger partial charge in [0.05, 0.1) is 5.39 Å². The Balaban J connectivity index is 1.88. The second-order valence-corrected chi connectivity index (χ2v) is 6.83. The van der Waals surface area contributed by atoms with Gasteiger partial charge in [-0.15, -0.1) is 11.3 Å². The third kappa shape index (κ3) is 3.11. The molecule has 0 bridgehead atoms. The lowest BCUT2D eigenvalue weighted by Gasteiger charge is -2.32. The van der Waals surface area contributed by atoms with Crippen molar-refractivity contribution < 1.29 is 0 Å². The van der Waals surface area contributed by atoms with Gasteiger partial charge in [0.25, 0.3) is 0 Å². The SMILES string of the molecule is CCN1CCCC(Nc2nc(NC)nc3sc(C)cc23)C1. The van der Waals surface area contributed by atoms with E-state index in [1.165, 1.54) is 24.3 Å². The van der Waals surface area contributed by atoms with Gasteiger partial charge in [0.2, 0.25) is 5.95 Å². The lowest BCUT2D eigenvalue weighted by Crippen LogP contribution is -2.42. The molecule has 5 nitrogen and oxygen atoms in total. The quantitative estimate of drug-likeness (QED) is 0.909. The number of rotatable bonds is 4. The van der Waals surface area contributed by atoms with Gasteiger partial charge in [-0.1, -0.05) is 6.92 Å². The largest absolute Gasteiger partial charge is 0.365 e. The summed E-state index contributed by atoms with van der Waals surface area (Å²) in [6, 6.07) is 2.66. The number of anilines is 2. The summed E-state index contributed by atoms with van der Waals surface area (Å²) in [5.41, 5.74) is 0. The highest BCUT2D eigenvalue weighted by Gasteiger charge is 2.20. The number of aryl methyl sites for hydroxylation is 1. The molecular formula is C15H23N5S. The molecule has 2 N–H and O–H groups in total. The summed E-state index contributed by atoms with van der Waals surface area (Å²) < 4.78 is 0. The van der Waals surface area contributed by atoms with Gasteiger partial charge in [-0.3, -0.25) is 0 Å². The number of thiophene rings is 1. The van der Waals surface area contributed by atoms with Crippen molar-refractivity contribution in [1.82, 2.24) is 14.9 Å². The molecule has 21 heavy (non-hydrogen) atoms. The van der Waals surface area contributed by atoms with E-state index < -0.39 is 0 Å². The van der Waals surface area contributed by atoms with Crippen LogP contribution in [0, 0.1) is 6.92 Å². The molecule has 3 rings (SSSR count). The van der Waals surface area contributed by atoms with Crippen LogP contribution in [0.5, 0.6) is 0 Å². The molecule has 2 aromatic rings. The molecule has 0 aliphatic carbocycles. The molecule has 3 heterocycles. The molecule has 0 saturated carbocycles. The Hall–Kier alpha value is -1.40. The number of hydrogen-bond donors (Lipinski definition) is 2. The molecule has 2 aromatic heterocycles. The molecule has 0 amide bonds. The number of nitrogens with one attached hydrogen (secondary N) is 2. The number of likely N-dealkylation sites (N-methyl/N-ethyl adjacent to an activating group) is 1. The summed E-state index contributed by atoms with van der Waals surface area (Å²) >= 11 is 1.72. The van der Waals surface area contributed by atoms with Gasteiger partial charge < -0.3 is 15.5 Å². The van der Waals surface area contributed by atoms with E-state index in [1.807, 2.05) is 7.05 Å². The van der Waals surface area contributed by atoms with Gasteiger partial charge >= 0.3 is 0 Å². The van der Waals surface area contributed by atoms with Crippen LogP contribution in [0.2, 0.25) is 0 Å². The van der Waals surface area contributed by atoms with Gasteiger partial charge in [0, 0.05) is 24.5 Å². The molecule has 0 aromatic carbocycles. The first-order chi connectivity index (χ1) is 10.2. The predicted molar refractivity (Wildman–Crippen MR) is 90.5 cm³/mol. The van der Waals surface area contributed by atoms with Crippen molar-refractivity contribution in [2.75, 3.05) is 37.3 Å². The van der Waals surface area contributed by atoms with Crippen LogP contribution in [0.1, 0.15) is 24.6 Å². The Morgan fingerprint density at radius 1 is 1.43 bits per heavy atom.